The van der Waals surface area contributed by atoms with Crippen LogP contribution in [0.2, 0.25) is 0 Å². The van der Waals surface area contributed by atoms with E-state index in [4.69, 9.17) is 18.9 Å². The molecule has 9 heteroatoms. The third-order valence-corrected chi connectivity index (χ3v) is 5.44. The van der Waals surface area contributed by atoms with E-state index >= 15 is 0 Å². The van der Waals surface area contributed by atoms with Crippen molar-refractivity contribution in [2.45, 2.75) is 51.7 Å². The molecule has 172 valence electrons. The van der Waals surface area contributed by atoms with E-state index in [0.717, 1.165) is 19.3 Å². The zero-order chi connectivity index (χ0) is 23.0. The van der Waals surface area contributed by atoms with E-state index in [1.54, 1.807) is 0 Å². The van der Waals surface area contributed by atoms with Gasteiger partial charge in [0, 0.05) is 11.6 Å². The van der Waals surface area contributed by atoms with Gasteiger partial charge in [-0.05, 0) is 37.8 Å². The molecule has 3 atom stereocenters. The molecule has 0 aliphatic heterocycles. The predicted molar refractivity (Wildman–Crippen MR) is 114 cm³/mol. The fourth-order valence-electron chi connectivity index (χ4n) is 3.59. The number of carbonyl (C=O) groups excluding carboxylic acids is 3. The maximum Gasteiger partial charge on any atom is 0.326 e. The van der Waals surface area contributed by atoms with Crippen LogP contribution in [0, 0.1) is 5.92 Å². The van der Waals surface area contributed by atoms with Gasteiger partial charge in [0.1, 0.15) is 6.54 Å². The Kier molecular flexibility index (Phi) is 8.96. The van der Waals surface area contributed by atoms with Crippen LogP contribution in [0.3, 0.4) is 0 Å². The molecule has 9 nitrogen and oxygen atoms in total. The van der Waals surface area contributed by atoms with Crippen molar-refractivity contribution in [3.63, 3.8) is 0 Å². The summed E-state index contributed by atoms with van der Waals surface area (Å²) in [7, 11) is 4.34. The molecule has 31 heavy (non-hydrogen) atoms. The van der Waals surface area contributed by atoms with Gasteiger partial charge in [-0.3, -0.25) is 14.4 Å². The highest BCUT2D eigenvalue weighted by atomic mass is 16.5. The number of benzene rings is 1. The lowest BCUT2D eigenvalue weighted by molar-refractivity contribution is -0.154. The number of hydrogen-bond acceptors (Lipinski definition) is 7. The molecule has 0 spiro atoms. The molecule has 1 aromatic carbocycles. The average Bonchev–Trinajstić information content (AvgIpc) is 2.77. The maximum absolute atomic E-state index is 12.5. The number of amides is 2. The van der Waals surface area contributed by atoms with Gasteiger partial charge in [-0.25, -0.2) is 0 Å². The van der Waals surface area contributed by atoms with E-state index < -0.39 is 18.0 Å². The van der Waals surface area contributed by atoms with Gasteiger partial charge in [0.25, 0.3) is 11.8 Å². The standard InChI is InChI=1S/C22H32N2O7/c1-13-8-6-7-9-16(13)24-21(26)14(2)31-19(25)12-23-22(27)15-10-17(28-3)20(30-5)18(11-15)29-4/h10-11,13-14,16H,6-9,12H2,1-5H3,(H,23,27)(H,24,26)/t13-,14-,16-/m1/s1. The predicted octanol–water partition coefficient (Wildman–Crippen LogP) is 2.07. The average molecular weight is 437 g/mol. The summed E-state index contributed by atoms with van der Waals surface area (Å²) < 4.78 is 20.8. The molecule has 2 rings (SSSR count). The minimum atomic E-state index is -0.945. The number of hydrogen-bond donors (Lipinski definition) is 2. The number of carbonyl (C=O) groups is 3. The van der Waals surface area contributed by atoms with Crippen molar-refractivity contribution in [1.29, 1.82) is 0 Å². The highest BCUT2D eigenvalue weighted by Gasteiger charge is 2.26. The van der Waals surface area contributed by atoms with Crippen molar-refractivity contribution < 1.29 is 33.3 Å². The van der Waals surface area contributed by atoms with Crippen LogP contribution in [0.25, 0.3) is 0 Å². The molecule has 2 N–H and O–H groups in total. The summed E-state index contributed by atoms with van der Waals surface area (Å²) in [6.07, 6.45) is 3.31. The highest BCUT2D eigenvalue weighted by molar-refractivity contribution is 5.97. The summed E-state index contributed by atoms with van der Waals surface area (Å²) in [5.74, 6) is -0.174. The van der Waals surface area contributed by atoms with Crippen molar-refractivity contribution in [3.8, 4) is 17.2 Å². The van der Waals surface area contributed by atoms with Crippen LogP contribution in [-0.4, -0.2) is 57.8 Å². The minimum absolute atomic E-state index is 0.0992. The Morgan fingerprint density at radius 2 is 1.65 bits per heavy atom. The van der Waals surface area contributed by atoms with E-state index in [0.29, 0.717) is 23.2 Å². The topological polar surface area (TPSA) is 112 Å². The number of rotatable bonds is 9. The molecule has 0 radical (unpaired) electrons. The van der Waals surface area contributed by atoms with Crippen LogP contribution >= 0.6 is 0 Å². The quantitative estimate of drug-likeness (QED) is 0.570. The van der Waals surface area contributed by atoms with Gasteiger partial charge < -0.3 is 29.6 Å². The third-order valence-electron chi connectivity index (χ3n) is 5.44. The van der Waals surface area contributed by atoms with E-state index in [-0.39, 0.29) is 24.1 Å². The monoisotopic (exact) mass is 436 g/mol. The maximum atomic E-state index is 12.5. The SMILES string of the molecule is COc1cc(C(=O)NCC(=O)O[C@H](C)C(=O)N[C@@H]2CCCC[C@H]2C)cc(OC)c1OC. The van der Waals surface area contributed by atoms with Gasteiger partial charge in [0.15, 0.2) is 17.6 Å². The number of nitrogens with one attached hydrogen (secondary N) is 2. The van der Waals surface area contributed by atoms with Crippen molar-refractivity contribution >= 4 is 17.8 Å². The lowest BCUT2D eigenvalue weighted by Gasteiger charge is -2.30. The molecular formula is C22H32N2O7. The smallest absolute Gasteiger partial charge is 0.326 e. The van der Waals surface area contributed by atoms with Gasteiger partial charge in [-0.15, -0.1) is 0 Å². The lowest BCUT2D eigenvalue weighted by atomic mass is 9.86. The highest BCUT2D eigenvalue weighted by Crippen LogP contribution is 2.38. The van der Waals surface area contributed by atoms with Crippen LogP contribution in [0.5, 0.6) is 17.2 Å². The molecule has 2 amide bonds. The van der Waals surface area contributed by atoms with E-state index in [1.807, 2.05) is 0 Å². The first kappa shape index (κ1) is 24.3. The zero-order valence-corrected chi connectivity index (χ0v) is 18.8. The molecule has 0 unspecified atom stereocenters. The van der Waals surface area contributed by atoms with Gasteiger partial charge in [0.2, 0.25) is 5.75 Å². The molecule has 0 aromatic heterocycles. The van der Waals surface area contributed by atoms with Gasteiger partial charge in [-0.2, -0.15) is 0 Å². The molecular weight excluding hydrogens is 404 g/mol. The van der Waals surface area contributed by atoms with E-state index in [9.17, 15) is 14.4 Å². The summed E-state index contributed by atoms with van der Waals surface area (Å²) >= 11 is 0. The number of ether oxygens (including phenoxy) is 4. The second-order valence-electron chi connectivity index (χ2n) is 7.61. The normalized spacial score (nSPS) is 19.0. The van der Waals surface area contributed by atoms with Crippen molar-refractivity contribution in [1.82, 2.24) is 10.6 Å². The van der Waals surface area contributed by atoms with E-state index in [1.165, 1.54) is 46.8 Å². The summed E-state index contributed by atoms with van der Waals surface area (Å²) in [6.45, 7) is 3.24. The first-order valence-electron chi connectivity index (χ1n) is 10.4. The van der Waals surface area contributed by atoms with Crippen molar-refractivity contribution in [2.24, 2.45) is 5.92 Å². The zero-order valence-electron chi connectivity index (χ0n) is 18.8. The summed E-state index contributed by atoms with van der Waals surface area (Å²) in [4.78, 5) is 36.9. The van der Waals surface area contributed by atoms with Crippen LogP contribution in [0.1, 0.15) is 49.9 Å². The van der Waals surface area contributed by atoms with E-state index in [2.05, 4.69) is 17.6 Å². The largest absolute Gasteiger partial charge is 0.493 e. The summed E-state index contributed by atoms with van der Waals surface area (Å²) in [5, 5.41) is 5.43. The Morgan fingerprint density at radius 1 is 1.03 bits per heavy atom. The van der Waals surface area contributed by atoms with Crippen molar-refractivity contribution in [3.05, 3.63) is 17.7 Å². The summed E-state index contributed by atoms with van der Waals surface area (Å²) in [5.41, 5.74) is 0.222. The molecule has 1 fully saturated rings. The molecule has 1 aliphatic carbocycles. The fraction of sp³-hybridized carbons (Fsp3) is 0.591. The van der Waals surface area contributed by atoms with Gasteiger partial charge in [-0.1, -0.05) is 19.8 Å². The fourth-order valence-corrected chi connectivity index (χ4v) is 3.59. The van der Waals surface area contributed by atoms with Gasteiger partial charge in [0.05, 0.1) is 21.3 Å². The molecule has 1 aliphatic rings. The minimum Gasteiger partial charge on any atom is -0.493 e. The molecule has 0 heterocycles. The molecule has 1 aromatic rings. The van der Waals surface area contributed by atoms with Crippen LogP contribution in [-0.2, 0) is 14.3 Å². The van der Waals surface area contributed by atoms with Crippen LogP contribution in [0.15, 0.2) is 12.1 Å². The van der Waals surface area contributed by atoms with Crippen LogP contribution < -0.4 is 24.8 Å². The van der Waals surface area contributed by atoms with Crippen LogP contribution in [0.4, 0.5) is 0 Å². The lowest BCUT2D eigenvalue weighted by Crippen LogP contribution is -2.46. The Bertz CT molecular complexity index is 771. The summed E-state index contributed by atoms with van der Waals surface area (Å²) in [6, 6.07) is 3.05. The second kappa shape index (κ2) is 11.4. The van der Waals surface area contributed by atoms with Crippen molar-refractivity contribution in [2.75, 3.05) is 27.9 Å². The second-order valence-corrected chi connectivity index (χ2v) is 7.61. The molecule has 0 saturated heterocycles. The number of methoxy groups -OCH3 is 3. The molecule has 0 bridgehead atoms. The Balaban J connectivity index is 1.89. The van der Waals surface area contributed by atoms with Gasteiger partial charge >= 0.3 is 5.97 Å². The first-order valence-corrected chi connectivity index (χ1v) is 10.4. The Morgan fingerprint density at radius 3 is 2.19 bits per heavy atom. The Labute approximate surface area is 182 Å². The third kappa shape index (κ3) is 6.50. The molecule has 1 saturated carbocycles. The Hall–Kier alpha value is -2.97. The number of esters is 1. The first-order chi connectivity index (χ1) is 14.8.